The molecule has 1 aromatic carbocycles. The van der Waals surface area contributed by atoms with Crippen LogP contribution in [0, 0.1) is 5.41 Å². The van der Waals surface area contributed by atoms with Crippen LogP contribution in [0.25, 0.3) is 6.08 Å². The number of benzene rings is 1. The van der Waals surface area contributed by atoms with Gasteiger partial charge in [0.1, 0.15) is 5.41 Å². The summed E-state index contributed by atoms with van der Waals surface area (Å²) in [6, 6.07) is 6.48. The minimum Gasteiger partial charge on any atom is -0.481 e. The van der Waals surface area contributed by atoms with Crippen molar-refractivity contribution in [2.24, 2.45) is 5.41 Å². The van der Waals surface area contributed by atoms with Gasteiger partial charge in [0.05, 0.1) is 19.3 Å². The zero-order valence-electron chi connectivity index (χ0n) is 11.5. The lowest BCUT2D eigenvalue weighted by Gasteiger charge is -2.24. The van der Waals surface area contributed by atoms with E-state index < -0.39 is 17.4 Å². The highest BCUT2D eigenvalue weighted by molar-refractivity contribution is 6.30. The second-order valence-corrected chi connectivity index (χ2v) is 5.62. The maximum absolute atomic E-state index is 11.9. The van der Waals surface area contributed by atoms with E-state index in [1.807, 2.05) is 0 Å². The quantitative estimate of drug-likeness (QED) is 0.834. The second kappa shape index (κ2) is 6.28. The molecule has 0 bridgehead atoms. The predicted octanol–water partition coefficient (Wildman–Crippen LogP) is 1.96. The van der Waals surface area contributed by atoms with Crippen LogP contribution in [-0.2, 0) is 14.3 Å². The molecule has 2 rings (SSSR count). The fraction of sp³-hybridized carbons (Fsp3) is 0.333. The molecule has 0 aliphatic carbocycles. The van der Waals surface area contributed by atoms with Gasteiger partial charge in [-0.3, -0.25) is 9.59 Å². The lowest BCUT2D eigenvalue weighted by molar-refractivity contribution is -0.148. The number of hydrogen-bond donors (Lipinski definition) is 2. The summed E-state index contributed by atoms with van der Waals surface area (Å²) in [7, 11) is 0. The van der Waals surface area contributed by atoms with Gasteiger partial charge < -0.3 is 15.2 Å². The van der Waals surface area contributed by atoms with E-state index in [-0.39, 0.29) is 19.1 Å². The van der Waals surface area contributed by atoms with Crippen molar-refractivity contribution < 1.29 is 19.4 Å². The Morgan fingerprint density at radius 3 is 2.71 bits per heavy atom. The van der Waals surface area contributed by atoms with E-state index in [0.717, 1.165) is 5.56 Å². The Morgan fingerprint density at radius 2 is 2.10 bits per heavy atom. The van der Waals surface area contributed by atoms with Gasteiger partial charge in [-0.2, -0.15) is 0 Å². The summed E-state index contributed by atoms with van der Waals surface area (Å²) < 4.78 is 5.18. The van der Waals surface area contributed by atoms with Crippen molar-refractivity contribution in [2.75, 3.05) is 13.2 Å². The van der Waals surface area contributed by atoms with Crippen molar-refractivity contribution in [3.8, 4) is 0 Å². The van der Waals surface area contributed by atoms with Gasteiger partial charge in [-0.25, -0.2) is 0 Å². The van der Waals surface area contributed by atoms with Crippen molar-refractivity contribution in [1.29, 1.82) is 0 Å². The van der Waals surface area contributed by atoms with Crippen molar-refractivity contribution in [2.45, 2.75) is 13.0 Å². The third kappa shape index (κ3) is 3.62. The molecule has 0 saturated carbocycles. The Bertz CT molecular complexity index is 570. The standard InChI is InChI=1S/C15H16ClNO4/c1-15(14(19)20)9-21-8-12(15)17-13(18)7-4-10-2-5-11(16)6-3-10/h2-7,12H,8-9H2,1H3,(H,17,18)(H,19,20). The van der Waals surface area contributed by atoms with Crippen LogP contribution >= 0.6 is 11.6 Å². The molecule has 2 atom stereocenters. The molecule has 2 unspecified atom stereocenters. The number of carboxylic acid groups (broad SMARTS) is 1. The highest BCUT2D eigenvalue weighted by Gasteiger charge is 2.47. The second-order valence-electron chi connectivity index (χ2n) is 5.18. The van der Waals surface area contributed by atoms with E-state index in [9.17, 15) is 14.7 Å². The smallest absolute Gasteiger partial charge is 0.313 e. The SMILES string of the molecule is CC1(C(=O)O)COCC1NC(=O)C=Cc1ccc(Cl)cc1. The number of carbonyl (C=O) groups excluding carboxylic acids is 1. The maximum atomic E-state index is 11.9. The highest BCUT2D eigenvalue weighted by Crippen LogP contribution is 2.28. The van der Waals surface area contributed by atoms with Gasteiger partial charge in [-0.05, 0) is 30.7 Å². The minimum absolute atomic E-state index is 0.0914. The minimum atomic E-state index is -1.09. The van der Waals surface area contributed by atoms with Crippen LogP contribution in [0.4, 0.5) is 0 Å². The van der Waals surface area contributed by atoms with Crippen molar-refractivity contribution in [3.05, 3.63) is 40.9 Å². The number of carbonyl (C=O) groups is 2. The monoisotopic (exact) mass is 309 g/mol. The number of nitrogens with one attached hydrogen (secondary N) is 1. The summed E-state index contributed by atoms with van der Waals surface area (Å²) in [6.07, 6.45) is 3.00. The lowest BCUT2D eigenvalue weighted by Crippen LogP contribution is -2.49. The van der Waals surface area contributed by atoms with Crippen LogP contribution in [0.15, 0.2) is 30.3 Å². The molecule has 1 amide bonds. The highest BCUT2D eigenvalue weighted by atomic mass is 35.5. The largest absolute Gasteiger partial charge is 0.481 e. The molecule has 1 fully saturated rings. The molecule has 0 spiro atoms. The summed E-state index contributed by atoms with van der Waals surface area (Å²) in [6.45, 7) is 1.85. The number of amides is 1. The van der Waals surface area contributed by atoms with Gasteiger partial charge in [-0.15, -0.1) is 0 Å². The summed E-state index contributed by atoms with van der Waals surface area (Å²) in [5.74, 6) is -1.33. The van der Waals surface area contributed by atoms with Crippen molar-refractivity contribution in [3.63, 3.8) is 0 Å². The molecule has 1 saturated heterocycles. The first-order valence-electron chi connectivity index (χ1n) is 6.47. The number of halogens is 1. The molecule has 1 aliphatic heterocycles. The van der Waals surface area contributed by atoms with Crippen LogP contribution in [0.5, 0.6) is 0 Å². The number of hydrogen-bond acceptors (Lipinski definition) is 3. The van der Waals surface area contributed by atoms with Gasteiger partial charge in [0.25, 0.3) is 0 Å². The van der Waals surface area contributed by atoms with E-state index in [1.165, 1.54) is 6.08 Å². The lowest BCUT2D eigenvalue weighted by atomic mass is 9.85. The van der Waals surface area contributed by atoms with E-state index >= 15 is 0 Å². The fourth-order valence-electron chi connectivity index (χ4n) is 2.05. The number of carboxylic acids is 1. The molecule has 6 heteroatoms. The van der Waals surface area contributed by atoms with Crippen LogP contribution in [0.1, 0.15) is 12.5 Å². The average Bonchev–Trinajstić information content (AvgIpc) is 2.81. The van der Waals surface area contributed by atoms with Gasteiger partial charge in [0, 0.05) is 11.1 Å². The van der Waals surface area contributed by atoms with E-state index in [4.69, 9.17) is 16.3 Å². The maximum Gasteiger partial charge on any atom is 0.313 e. The van der Waals surface area contributed by atoms with Crippen molar-refractivity contribution >= 4 is 29.6 Å². The Hall–Kier alpha value is -1.85. The molecule has 1 aromatic rings. The van der Waals surface area contributed by atoms with Gasteiger partial charge in [0.15, 0.2) is 0 Å². The molecule has 0 radical (unpaired) electrons. The third-order valence-corrected chi connectivity index (χ3v) is 3.81. The Kier molecular flexibility index (Phi) is 4.65. The van der Waals surface area contributed by atoms with Crippen molar-refractivity contribution in [1.82, 2.24) is 5.32 Å². The van der Waals surface area contributed by atoms with Crippen LogP contribution in [0.2, 0.25) is 5.02 Å². The van der Waals surface area contributed by atoms with E-state index in [0.29, 0.717) is 5.02 Å². The molecule has 1 aliphatic rings. The van der Waals surface area contributed by atoms with Gasteiger partial charge >= 0.3 is 5.97 Å². The van der Waals surface area contributed by atoms with Gasteiger partial charge in [-0.1, -0.05) is 23.7 Å². The molecule has 0 aromatic heterocycles. The molecular weight excluding hydrogens is 294 g/mol. The number of ether oxygens (including phenoxy) is 1. The topological polar surface area (TPSA) is 75.6 Å². The first kappa shape index (κ1) is 15.5. The molecule has 112 valence electrons. The number of rotatable bonds is 4. The first-order chi connectivity index (χ1) is 9.91. The number of aliphatic carboxylic acids is 1. The summed E-state index contributed by atoms with van der Waals surface area (Å²) in [4.78, 5) is 23.1. The zero-order chi connectivity index (χ0) is 15.5. The molecule has 1 heterocycles. The average molecular weight is 310 g/mol. The van der Waals surface area contributed by atoms with Gasteiger partial charge in [0.2, 0.25) is 5.91 Å². The Balaban J connectivity index is 1.98. The molecule has 21 heavy (non-hydrogen) atoms. The van der Waals surface area contributed by atoms with E-state index in [2.05, 4.69) is 5.32 Å². The predicted molar refractivity (Wildman–Crippen MR) is 79.0 cm³/mol. The summed E-state index contributed by atoms with van der Waals surface area (Å²) in [5.41, 5.74) is -0.262. The zero-order valence-corrected chi connectivity index (χ0v) is 12.3. The molecular formula is C15H16ClNO4. The Labute approximate surface area is 127 Å². The van der Waals surface area contributed by atoms with Crippen LogP contribution < -0.4 is 5.32 Å². The normalized spacial score (nSPS) is 25.1. The van der Waals surface area contributed by atoms with Crippen LogP contribution in [0.3, 0.4) is 0 Å². The summed E-state index contributed by atoms with van der Waals surface area (Å²) >= 11 is 5.78. The van der Waals surface area contributed by atoms with E-state index in [1.54, 1.807) is 37.3 Å². The first-order valence-corrected chi connectivity index (χ1v) is 6.85. The fourth-order valence-corrected chi connectivity index (χ4v) is 2.18. The molecule has 5 nitrogen and oxygen atoms in total. The Morgan fingerprint density at radius 1 is 1.43 bits per heavy atom. The summed E-state index contributed by atoms with van der Waals surface area (Å²) in [5, 5.41) is 12.5. The van der Waals surface area contributed by atoms with Crippen LogP contribution in [-0.4, -0.2) is 36.2 Å². The third-order valence-electron chi connectivity index (χ3n) is 3.56. The molecule has 2 N–H and O–H groups in total.